The highest BCUT2D eigenvalue weighted by atomic mass is 19.4. The minimum absolute atomic E-state index is 0.350. The number of nitrogens with two attached hydrogens (primary N) is 2. The van der Waals surface area contributed by atoms with Crippen LogP contribution in [0.2, 0.25) is 0 Å². The molecule has 1 aromatic rings. The molecule has 0 bridgehead atoms. The Balaban J connectivity index is 3.31. The van der Waals surface area contributed by atoms with Gasteiger partial charge in [-0.1, -0.05) is 30.3 Å². The minimum atomic E-state index is -8.24. The maximum atomic E-state index is 14.0. The normalized spacial score (nSPS) is 15.5. The summed E-state index contributed by atoms with van der Waals surface area (Å²) in [5.74, 6) is -39.6. The fourth-order valence-electron chi connectivity index (χ4n) is 3.03. The smallest absolute Gasteiger partial charge is 0.396 e. The van der Waals surface area contributed by atoms with Crippen LogP contribution >= 0.6 is 0 Å². The van der Waals surface area contributed by atoms with Crippen molar-refractivity contribution in [2.75, 3.05) is 0 Å². The molecule has 0 aliphatic rings. The number of amides is 3. The lowest BCUT2D eigenvalue weighted by atomic mass is 9.97. The highest BCUT2D eigenvalue weighted by Crippen LogP contribution is 2.60. The second kappa shape index (κ2) is 13.0. The molecule has 3 amide bonds. The molecule has 44 heavy (non-hydrogen) atoms. The zero-order valence-corrected chi connectivity index (χ0v) is 21.6. The van der Waals surface area contributed by atoms with Crippen molar-refractivity contribution in [1.82, 2.24) is 10.6 Å². The highest BCUT2D eigenvalue weighted by Gasteiger charge is 2.92. The average Bonchev–Trinajstić information content (AvgIpc) is 2.86. The Morgan fingerprint density at radius 2 is 1.18 bits per heavy atom. The Morgan fingerprint density at radius 3 is 1.61 bits per heavy atom. The lowest BCUT2D eigenvalue weighted by Crippen LogP contribution is -2.70. The van der Waals surface area contributed by atoms with Crippen molar-refractivity contribution in [2.45, 2.75) is 73.9 Å². The molecular weight excluding hydrogens is 647 g/mol. The molecule has 22 heteroatoms. The monoisotopic (exact) mass is 668 g/mol. The van der Waals surface area contributed by atoms with Gasteiger partial charge in [0.1, 0.15) is 12.1 Å². The molecule has 0 heterocycles. The molecule has 0 saturated heterocycles. The van der Waals surface area contributed by atoms with Crippen LogP contribution in [0.1, 0.15) is 18.9 Å². The standard InChI is InChI=1S/C22H21F13N4O5/c1-9(36)15(42)39-12(16(43)38-11(14(37)41)7-10-5-3-2-4-6-10)8-13(40)44-22(34,35)20(29,30)18(25,26)17(23,24)19(27,28)21(31,32)33/h2-6,9,11-12H,7-8,36H2,1H3,(H2,37,41)(H,38,43)(H,39,42)/t9-,11-,12-/m0/s1. The summed E-state index contributed by atoms with van der Waals surface area (Å²) in [5.41, 5.74) is 10.7. The average molecular weight is 668 g/mol. The Bertz CT molecular complexity index is 1210. The fourth-order valence-corrected chi connectivity index (χ4v) is 3.03. The van der Waals surface area contributed by atoms with E-state index in [2.05, 4.69) is 4.74 Å². The van der Waals surface area contributed by atoms with Gasteiger partial charge in [0.05, 0.1) is 12.5 Å². The number of carbonyl (C=O) groups is 4. The molecule has 0 aliphatic carbocycles. The van der Waals surface area contributed by atoms with Gasteiger partial charge in [-0.25, -0.2) is 0 Å². The number of primary amides is 1. The number of rotatable bonds is 14. The van der Waals surface area contributed by atoms with E-state index in [0.717, 1.165) is 6.92 Å². The van der Waals surface area contributed by atoms with Crippen molar-refractivity contribution < 1.29 is 81.0 Å². The zero-order chi connectivity index (χ0) is 34.7. The topological polar surface area (TPSA) is 154 Å². The first-order valence-corrected chi connectivity index (χ1v) is 11.5. The Morgan fingerprint density at radius 1 is 0.727 bits per heavy atom. The molecule has 0 spiro atoms. The quantitative estimate of drug-likeness (QED) is 0.177. The maximum absolute atomic E-state index is 14.0. The molecule has 0 aromatic heterocycles. The highest BCUT2D eigenvalue weighted by molar-refractivity contribution is 5.94. The van der Waals surface area contributed by atoms with E-state index in [0.29, 0.717) is 5.56 Å². The Kier molecular flexibility index (Phi) is 11.3. The first kappa shape index (κ1) is 38.2. The molecular formula is C22H21F13N4O5. The summed E-state index contributed by atoms with van der Waals surface area (Å²) in [6.07, 6.45) is -17.3. The van der Waals surface area contributed by atoms with Gasteiger partial charge in [0.25, 0.3) is 0 Å². The lowest BCUT2D eigenvalue weighted by molar-refractivity contribution is -0.460. The molecule has 6 N–H and O–H groups in total. The number of carbonyl (C=O) groups excluding carboxylic acids is 4. The van der Waals surface area contributed by atoms with Gasteiger partial charge in [-0.3, -0.25) is 19.2 Å². The van der Waals surface area contributed by atoms with Crippen LogP contribution in [0, 0.1) is 0 Å². The van der Waals surface area contributed by atoms with Crippen molar-refractivity contribution in [1.29, 1.82) is 0 Å². The molecule has 250 valence electrons. The van der Waals surface area contributed by atoms with Crippen LogP contribution in [0.25, 0.3) is 0 Å². The van der Waals surface area contributed by atoms with E-state index in [4.69, 9.17) is 11.5 Å². The largest absolute Gasteiger partial charge is 0.473 e. The van der Waals surface area contributed by atoms with E-state index in [1.54, 1.807) is 11.4 Å². The predicted octanol–water partition coefficient (Wildman–Crippen LogP) is 2.66. The summed E-state index contributed by atoms with van der Waals surface area (Å²) >= 11 is 0. The van der Waals surface area contributed by atoms with Crippen LogP contribution in [0.5, 0.6) is 0 Å². The third-order valence-corrected chi connectivity index (χ3v) is 5.51. The SMILES string of the molecule is C[C@H](N)C(=O)N[C@@H](CC(=O)OC(F)(F)C(F)(F)C(F)(F)C(F)(F)C(F)(F)C(F)(F)F)C(=O)N[C@@H](Cc1ccccc1)C(N)=O. The lowest BCUT2D eigenvalue weighted by Gasteiger charge is -2.38. The van der Waals surface area contributed by atoms with Crippen LogP contribution in [0.15, 0.2) is 30.3 Å². The van der Waals surface area contributed by atoms with Gasteiger partial charge in [0.2, 0.25) is 17.7 Å². The van der Waals surface area contributed by atoms with Crippen LogP contribution in [-0.2, 0) is 30.3 Å². The van der Waals surface area contributed by atoms with Crippen molar-refractivity contribution in [2.24, 2.45) is 11.5 Å². The van der Waals surface area contributed by atoms with Gasteiger partial charge in [0.15, 0.2) is 0 Å². The van der Waals surface area contributed by atoms with Crippen LogP contribution in [-0.4, -0.2) is 77.8 Å². The third kappa shape index (κ3) is 7.80. The number of benzene rings is 1. The molecule has 1 aromatic carbocycles. The van der Waals surface area contributed by atoms with Crippen molar-refractivity contribution in [3.8, 4) is 0 Å². The maximum Gasteiger partial charge on any atom is 0.473 e. The molecule has 0 unspecified atom stereocenters. The van der Waals surface area contributed by atoms with Crippen LogP contribution in [0.3, 0.4) is 0 Å². The van der Waals surface area contributed by atoms with E-state index in [1.807, 2.05) is 5.32 Å². The number of hydrogen-bond acceptors (Lipinski definition) is 6. The van der Waals surface area contributed by atoms with Gasteiger partial charge in [0, 0.05) is 6.42 Å². The Hall–Kier alpha value is -3.85. The number of nitrogens with one attached hydrogen (secondary N) is 2. The summed E-state index contributed by atoms with van der Waals surface area (Å²) in [6, 6.07) is 1.65. The van der Waals surface area contributed by atoms with Gasteiger partial charge in [-0.2, -0.15) is 57.1 Å². The molecule has 3 atom stereocenters. The van der Waals surface area contributed by atoms with Crippen LogP contribution in [0.4, 0.5) is 57.1 Å². The first-order chi connectivity index (χ1) is 19.6. The summed E-state index contributed by atoms with van der Waals surface area (Å²) in [4.78, 5) is 48.4. The predicted molar refractivity (Wildman–Crippen MR) is 118 cm³/mol. The van der Waals surface area contributed by atoms with Gasteiger partial charge in [-0.05, 0) is 12.5 Å². The molecule has 0 aliphatic heterocycles. The zero-order valence-electron chi connectivity index (χ0n) is 21.6. The summed E-state index contributed by atoms with van der Waals surface area (Å²) in [5, 5.41) is 3.48. The van der Waals surface area contributed by atoms with E-state index in [-0.39, 0.29) is 6.42 Å². The number of alkyl halides is 13. The fraction of sp³-hybridized carbons (Fsp3) is 0.545. The van der Waals surface area contributed by atoms with E-state index >= 15 is 0 Å². The number of ether oxygens (including phenoxy) is 1. The number of halogens is 13. The summed E-state index contributed by atoms with van der Waals surface area (Å²) in [6.45, 7) is 0.956. The molecule has 1 rings (SSSR count). The number of esters is 1. The summed E-state index contributed by atoms with van der Waals surface area (Å²) < 4.78 is 175. The van der Waals surface area contributed by atoms with Gasteiger partial charge >= 0.3 is 41.9 Å². The Labute approximate surface area is 237 Å². The third-order valence-electron chi connectivity index (χ3n) is 5.51. The first-order valence-electron chi connectivity index (χ1n) is 11.5. The van der Waals surface area contributed by atoms with E-state index in [9.17, 15) is 76.3 Å². The van der Waals surface area contributed by atoms with Crippen molar-refractivity contribution in [3.05, 3.63) is 35.9 Å². The van der Waals surface area contributed by atoms with Gasteiger partial charge < -0.3 is 26.8 Å². The second-order valence-electron chi connectivity index (χ2n) is 8.99. The van der Waals surface area contributed by atoms with Gasteiger partial charge in [-0.15, -0.1) is 0 Å². The van der Waals surface area contributed by atoms with E-state index < -0.39 is 84.2 Å². The molecule has 9 nitrogen and oxygen atoms in total. The van der Waals surface area contributed by atoms with E-state index in [1.165, 1.54) is 24.3 Å². The molecule has 0 fully saturated rings. The molecule has 0 saturated carbocycles. The molecule has 0 radical (unpaired) electrons. The van der Waals surface area contributed by atoms with Crippen LogP contribution < -0.4 is 22.1 Å². The number of hydrogen-bond donors (Lipinski definition) is 4. The van der Waals surface area contributed by atoms with Crippen molar-refractivity contribution in [3.63, 3.8) is 0 Å². The van der Waals surface area contributed by atoms with Crippen molar-refractivity contribution >= 4 is 23.7 Å². The second-order valence-corrected chi connectivity index (χ2v) is 8.99. The summed E-state index contributed by atoms with van der Waals surface area (Å²) in [7, 11) is 0. The minimum Gasteiger partial charge on any atom is -0.396 e.